The molecule has 0 aliphatic heterocycles. The molecule has 0 bridgehead atoms. The van der Waals surface area contributed by atoms with Crippen molar-refractivity contribution in [3.63, 3.8) is 0 Å². The van der Waals surface area contributed by atoms with Crippen molar-refractivity contribution in [1.29, 1.82) is 0 Å². The van der Waals surface area contributed by atoms with Crippen molar-refractivity contribution < 1.29 is 8.42 Å². The molecular weight excluding hydrogens is 218 g/mol. The van der Waals surface area contributed by atoms with Crippen LogP contribution in [0.3, 0.4) is 0 Å². The Labute approximate surface area is 88.3 Å². The van der Waals surface area contributed by atoms with Gasteiger partial charge in [-0.05, 0) is 24.0 Å². The number of hydrogen-bond acceptors (Lipinski definition) is 3. The first kappa shape index (κ1) is 11.3. The molecule has 0 N–H and O–H groups in total. The summed E-state index contributed by atoms with van der Waals surface area (Å²) in [6.07, 6.45) is 4.40. The lowest BCUT2D eigenvalue weighted by molar-refractivity contribution is 0.604. The van der Waals surface area contributed by atoms with Crippen molar-refractivity contribution in [2.75, 3.05) is 12.5 Å². The van der Waals surface area contributed by atoms with E-state index in [0.717, 1.165) is 16.7 Å². The van der Waals surface area contributed by atoms with E-state index in [4.69, 9.17) is 0 Å². The topological polar surface area (TPSA) is 46.5 Å². The maximum absolute atomic E-state index is 10.7. The Bertz CT molecular complexity index is 421. The minimum Gasteiger partial charge on any atom is -0.205 e. The molecule has 0 spiro atoms. The standard InChI is InChI=1S/C9H11NO2S2/c1-13-9-5-3-8(4-6-9)7-10-14(2,11)12/h3-7H,1-2H3/b10-7+. The molecule has 0 atom stereocenters. The van der Waals surface area contributed by atoms with Gasteiger partial charge < -0.3 is 0 Å². The summed E-state index contributed by atoms with van der Waals surface area (Å²) in [5, 5.41) is 0. The first-order valence-corrected chi connectivity index (χ1v) is 6.98. The van der Waals surface area contributed by atoms with Gasteiger partial charge in [0.25, 0.3) is 0 Å². The van der Waals surface area contributed by atoms with Crippen molar-refractivity contribution in [3.8, 4) is 0 Å². The lowest BCUT2D eigenvalue weighted by atomic mass is 10.2. The highest BCUT2D eigenvalue weighted by Gasteiger charge is 1.94. The van der Waals surface area contributed by atoms with Crippen molar-refractivity contribution in [3.05, 3.63) is 29.8 Å². The van der Waals surface area contributed by atoms with E-state index in [1.54, 1.807) is 11.8 Å². The third-order valence-corrected chi connectivity index (χ3v) is 2.74. The van der Waals surface area contributed by atoms with Gasteiger partial charge in [0.05, 0.1) is 6.26 Å². The Morgan fingerprint density at radius 3 is 2.29 bits per heavy atom. The van der Waals surface area contributed by atoms with Crippen LogP contribution in [0, 0.1) is 0 Å². The van der Waals surface area contributed by atoms with E-state index < -0.39 is 10.0 Å². The Morgan fingerprint density at radius 2 is 1.86 bits per heavy atom. The predicted molar refractivity (Wildman–Crippen MR) is 60.7 cm³/mol. The van der Waals surface area contributed by atoms with E-state index in [0.29, 0.717) is 0 Å². The molecule has 1 rings (SSSR count). The summed E-state index contributed by atoms with van der Waals surface area (Å²) >= 11 is 1.64. The number of nitrogens with zero attached hydrogens (tertiary/aromatic N) is 1. The summed E-state index contributed by atoms with van der Waals surface area (Å²) in [5.41, 5.74) is 0.785. The minimum atomic E-state index is -3.27. The van der Waals surface area contributed by atoms with Crippen LogP contribution >= 0.6 is 11.8 Å². The number of benzene rings is 1. The van der Waals surface area contributed by atoms with Gasteiger partial charge >= 0.3 is 0 Å². The fourth-order valence-electron chi connectivity index (χ4n) is 0.847. The maximum atomic E-state index is 10.7. The zero-order chi connectivity index (χ0) is 10.6. The molecule has 1 aromatic rings. The van der Waals surface area contributed by atoms with Crippen LogP contribution in [0.15, 0.2) is 33.6 Å². The van der Waals surface area contributed by atoms with E-state index in [1.165, 1.54) is 6.21 Å². The molecular formula is C9H11NO2S2. The average molecular weight is 229 g/mol. The van der Waals surface area contributed by atoms with Gasteiger partial charge in [0.1, 0.15) is 0 Å². The highest BCUT2D eigenvalue weighted by atomic mass is 32.2. The molecule has 76 valence electrons. The molecule has 0 aromatic heterocycles. The quantitative estimate of drug-likeness (QED) is 0.586. The zero-order valence-electron chi connectivity index (χ0n) is 7.97. The van der Waals surface area contributed by atoms with Gasteiger partial charge in [-0.3, -0.25) is 0 Å². The number of thioether (sulfide) groups is 1. The van der Waals surface area contributed by atoms with E-state index in [-0.39, 0.29) is 0 Å². The molecule has 0 heterocycles. The molecule has 0 saturated heterocycles. The van der Waals surface area contributed by atoms with Crippen LogP contribution in [-0.2, 0) is 10.0 Å². The van der Waals surface area contributed by atoms with Crippen LogP contribution in [0.4, 0.5) is 0 Å². The van der Waals surface area contributed by atoms with Crippen LogP contribution < -0.4 is 0 Å². The van der Waals surface area contributed by atoms with Gasteiger partial charge in [-0.15, -0.1) is 11.8 Å². The molecule has 14 heavy (non-hydrogen) atoms. The number of hydrogen-bond donors (Lipinski definition) is 0. The smallest absolute Gasteiger partial charge is 0.205 e. The molecule has 0 saturated carbocycles. The van der Waals surface area contributed by atoms with Gasteiger partial charge in [-0.2, -0.15) is 4.40 Å². The van der Waals surface area contributed by atoms with E-state index in [1.807, 2.05) is 30.5 Å². The number of rotatable bonds is 3. The first-order valence-electron chi connectivity index (χ1n) is 3.90. The van der Waals surface area contributed by atoms with Crippen molar-refractivity contribution >= 4 is 28.0 Å². The predicted octanol–water partition coefficient (Wildman–Crippen LogP) is 1.79. The lowest BCUT2D eigenvalue weighted by Gasteiger charge is -1.95. The summed E-state index contributed by atoms with van der Waals surface area (Å²) in [6.45, 7) is 0. The molecule has 0 aliphatic rings. The number of sulfonamides is 1. The zero-order valence-corrected chi connectivity index (χ0v) is 9.60. The Balaban J connectivity index is 2.84. The van der Waals surface area contributed by atoms with Crippen LogP contribution in [0.5, 0.6) is 0 Å². The van der Waals surface area contributed by atoms with Gasteiger partial charge in [0.2, 0.25) is 10.0 Å². The summed E-state index contributed by atoms with van der Waals surface area (Å²) in [7, 11) is -3.27. The molecule has 5 heteroatoms. The molecule has 3 nitrogen and oxygen atoms in total. The molecule has 0 radical (unpaired) electrons. The molecule has 0 unspecified atom stereocenters. The summed E-state index contributed by atoms with van der Waals surface area (Å²) in [6, 6.07) is 7.52. The SMILES string of the molecule is CSc1ccc(/C=N/S(C)(=O)=O)cc1. The lowest BCUT2D eigenvalue weighted by Crippen LogP contribution is -1.91. The van der Waals surface area contributed by atoms with Gasteiger partial charge in [-0.25, -0.2) is 8.42 Å². The van der Waals surface area contributed by atoms with Crippen molar-refractivity contribution in [2.45, 2.75) is 4.90 Å². The second-order valence-corrected chi connectivity index (χ2v) is 5.30. The third kappa shape index (κ3) is 3.93. The van der Waals surface area contributed by atoms with Crippen LogP contribution in [-0.4, -0.2) is 27.1 Å². The van der Waals surface area contributed by atoms with Crippen LogP contribution in [0.1, 0.15) is 5.56 Å². The molecule has 0 amide bonds. The van der Waals surface area contributed by atoms with Gasteiger partial charge in [0.15, 0.2) is 0 Å². The van der Waals surface area contributed by atoms with Crippen LogP contribution in [0.2, 0.25) is 0 Å². The fourth-order valence-corrected chi connectivity index (χ4v) is 1.57. The molecule has 0 aliphatic carbocycles. The van der Waals surface area contributed by atoms with E-state index >= 15 is 0 Å². The Hall–Kier alpha value is -0.810. The normalized spacial score (nSPS) is 12.1. The largest absolute Gasteiger partial charge is 0.250 e. The average Bonchev–Trinajstić information content (AvgIpc) is 2.14. The Morgan fingerprint density at radius 1 is 1.29 bits per heavy atom. The molecule has 1 aromatic carbocycles. The summed E-state index contributed by atoms with van der Waals surface area (Å²) in [5.74, 6) is 0. The summed E-state index contributed by atoms with van der Waals surface area (Å²) < 4.78 is 24.9. The fraction of sp³-hybridized carbons (Fsp3) is 0.222. The Kier molecular flexibility index (Phi) is 3.71. The van der Waals surface area contributed by atoms with E-state index in [9.17, 15) is 8.42 Å². The first-order chi connectivity index (χ1) is 6.51. The van der Waals surface area contributed by atoms with Gasteiger partial charge in [-0.1, -0.05) is 12.1 Å². The second kappa shape index (κ2) is 4.61. The van der Waals surface area contributed by atoms with Gasteiger partial charge in [0, 0.05) is 11.1 Å². The monoisotopic (exact) mass is 229 g/mol. The second-order valence-electron chi connectivity index (χ2n) is 2.74. The third-order valence-electron chi connectivity index (χ3n) is 1.51. The summed E-state index contributed by atoms with van der Waals surface area (Å²) in [4.78, 5) is 1.14. The minimum absolute atomic E-state index is 0.785. The van der Waals surface area contributed by atoms with E-state index in [2.05, 4.69) is 4.40 Å². The van der Waals surface area contributed by atoms with Crippen LogP contribution in [0.25, 0.3) is 0 Å². The highest BCUT2D eigenvalue weighted by molar-refractivity contribution is 7.98. The highest BCUT2D eigenvalue weighted by Crippen LogP contribution is 2.13. The molecule has 0 fully saturated rings. The van der Waals surface area contributed by atoms with Crippen molar-refractivity contribution in [2.24, 2.45) is 4.40 Å². The van der Waals surface area contributed by atoms with Crippen molar-refractivity contribution in [1.82, 2.24) is 0 Å². The maximum Gasteiger partial charge on any atom is 0.250 e.